The largest absolute Gasteiger partial charge is 0.495 e. The van der Waals surface area contributed by atoms with Crippen LogP contribution in [-0.4, -0.2) is 36.9 Å². The number of methoxy groups -OCH3 is 1. The lowest BCUT2D eigenvalue weighted by molar-refractivity contribution is -0.116. The maximum absolute atomic E-state index is 12.6. The summed E-state index contributed by atoms with van der Waals surface area (Å²) in [5.74, 6) is 0.172. The molecule has 2 rings (SSSR count). The molecule has 0 aliphatic carbocycles. The molecule has 0 fully saturated rings. The van der Waals surface area contributed by atoms with Crippen LogP contribution in [0, 0.1) is 0 Å². The fourth-order valence-electron chi connectivity index (χ4n) is 2.50. The number of nitrogens with zero attached hydrogens (tertiary/aromatic N) is 1. The third kappa shape index (κ3) is 4.83. The van der Waals surface area contributed by atoms with Crippen LogP contribution in [0.5, 0.6) is 5.75 Å². The number of nitrogens with one attached hydrogen (secondary N) is 1. The molecule has 0 saturated carbocycles. The highest BCUT2D eigenvalue weighted by molar-refractivity contribution is 5.99. The number of rotatable bonds is 7. The topological polar surface area (TPSA) is 58.6 Å². The van der Waals surface area contributed by atoms with Gasteiger partial charge in [-0.2, -0.15) is 0 Å². The average Bonchev–Trinajstić information content (AvgIpc) is 2.66. The molecule has 0 saturated heterocycles. The van der Waals surface area contributed by atoms with Crippen molar-refractivity contribution in [1.82, 2.24) is 4.90 Å². The van der Waals surface area contributed by atoms with Gasteiger partial charge in [-0.05, 0) is 43.2 Å². The molecule has 132 valence electrons. The Morgan fingerprint density at radius 3 is 2.32 bits per heavy atom. The van der Waals surface area contributed by atoms with Crippen LogP contribution < -0.4 is 10.1 Å². The van der Waals surface area contributed by atoms with Gasteiger partial charge in [0.25, 0.3) is 5.91 Å². The Morgan fingerprint density at radius 2 is 1.72 bits per heavy atom. The van der Waals surface area contributed by atoms with Crippen molar-refractivity contribution < 1.29 is 14.3 Å². The van der Waals surface area contributed by atoms with E-state index < -0.39 is 0 Å². The maximum Gasteiger partial charge on any atom is 0.254 e. The van der Waals surface area contributed by atoms with Gasteiger partial charge in [0.1, 0.15) is 12.3 Å². The minimum atomic E-state index is -0.259. The minimum absolute atomic E-state index is 0.0110. The van der Waals surface area contributed by atoms with Crippen molar-refractivity contribution >= 4 is 17.5 Å². The van der Waals surface area contributed by atoms with E-state index in [1.807, 2.05) is 43.3 Å². The molecular formula is C20H24N2O3. The third-order valence-corrected chi connectivity index (χ3v) is 3.99. The molecule has 5 heteroatoms. The first-order valence-electron chi connectivity index (χ1n) is 8.40. The van der Waals surface area contributed by atoms with Crippen molar-refractivity contribution in [3.05, 3.63) is 59.7 Å². The number of likely N-dealkylation sites (N-methyl/N-ethyl adjacent to an activating group) is 1. The van der Waals surface area contributed by atoms with Crippen LogP contribution in [0.15, 0.2) is 48.5 Å². The molecule has 0 bridgehead atoms. The van der Waals surface area contributed by atoms with Gasteiger partial charge < -0.3 is 15.0 Å². The zero-order valence-corrected chi connectivity index (χ0v) is 14.9. The summed E-state index contributed by atoms with van der Waals surface area (Å²) in [6.07, 6.45) is 0.924. The molecule has 2 amide bonds. The van der Waals surface area contributed by atoms with Gasteiger partial charge in [0, 0.05) is 12.1 Å². The molecule has 1 N–H and O–H groups in total. The SMILES string of the molecule is CCc1ccc(C(=O)N(CC)CC(=O)Nc2ccccc2OC)cc1. The highest BCUT2D eigenvalue weighted by Crippen LogP contribution is 2.22. The van der Waals surface area contributed by atoms with Crippen LogP contribution >= 0.6 is 0 Å². The van der Waals surface area contributed by atoms with Gasteiger partial charge in [0.2, 0.25) is 5.91 Å². The van der Waals surface area contributed by atoms with Gasteiger partial charge in [0.05, 0.1) is 12.8 Å². The van der Waals surface area contributed by atoms with E-state index in [4.69, 9.17) is 4.74 Å². The van der Waals surface area contributed by atoms with Gasteiger partial charge >= 0.3 is 0 Å². The zero-order valence-electron chi connectivity index (χ0n) is 14.9. The molecule has 0 aromatic heterocycles. The van der Waals surface area contributed by atoms with E-state index in [-0.39, 0.29) is 18.4 Å². The van der Waals surface area contributed by atoms with Crippen LogP contribution in [0.4, 0.5) is 5.69 Å². The number of aryl methyl sites for hydroxylation is 1. The number of benzene rings is 2. The fourth-order valence-corrected chi connectivity index (χ4v) is 2.50. The Hall–Kier alpha value is -2.82. The number of ether oxygens (including phenoxy) is 1. The second-order valence-electron chi connectivity index (χ2n) is 5.62. The number of hydrogen-bond acceptors (Lipinski definition) is 3. The lowest BCUT2D eigenvalue weighted by atomic mass is 10.1. The van der Waals surface area contributed by atoms with Crippen molar-refractivity contribution in [2.24, 2.45) is 0 Å². The summed E-state index contributed by atoms with van der Waals surface area (Å²) in [7, 11) is 1.55. The highest BCUT2D eigenvalue weighted by atomic mass is 16.5. The summed E-state index contributed by atoms with van der Waals surface area (Å²) in [4.78, 5) is 26.5. The molecule has 0 atom stereocenters. The van der Waals surface area contributed by atoms with Crippen molar-refractivity contribution in [2.45, 2.75) is 20.3 Å². The van der Waals surface area contributed by atoms with Crippen molar-refractivity contribution in [3.63, 3.8) is 0 Å². The van der Waals surface area contributed by atoms with Gasteiger partial charge in [-0.1, -0.05) is 31.2 Å². The van der Waals surface area contributed by atoms with Crippen molar-refractivity contribution in [1.29, 1.82) is 0 Å². The molecule has 0 aliphatic rings. The molecule has 0 heterocycles. The fraction of sp³-hybridized carbons (Fsp3) is 0.300. The molecule has 25 heavy (non-hydrogen) atoms. The normalized spacial score (nSPS) is 10.2. The third-order valence-electron chi connectivity index (χ3n) is 3.99. The number of carbonyl (C=O) groups is 2. The first kappa shape index (κ1) is 18.5. The van der Waals surface area contributed by atoms with E-state index in [9.17, 15) is 9.59 Å². The van der Waals surface area contributed by atoms with Gasteiger partial charge in [0.15, 0.2) is 0 Å². The van der Waals surface area contributed by atoms with E-state index in [0.717, 1.165) is 6.42 Å². The molecule has 5 nitrogen and oxygen atoms in total. The second-order valence-corrected chi connectivity index (χ2v) is 5.62. The zero-order chi connectivity index (χ0) is 18.2. The number of amides is 2. The summed E-state index contributed by atoms with van der Waals surface area (Å²) in [6, 6.07) is 14.7. The summed E-state index contributed by atoms with van der Waals surface area (Å²) < 4.78 is 5.22. The quantitative estimate of drug-likeness (QED) is 0.841. The van der Waals surface area contributed by atoms with Crippen molar-refractivity contribution in [2.75, 3.05) is 25.5 Å². The van der Waals surface area contributed by atoms with Crippen LogP contribution in [-0.2, 0) is 11.2 Å². The Kier molecular flexibility index (Phi) is 6.57. The van der Waals surface area contributed by atoms with E-state index >= 15 is 0 Å². The summed E-state index contributed by atoms with van der Waals surface area (Å²) in [5.41, 5.74) is 2.35. The molecule has 0 spiro atoms. The smallest absolute Gasteiger partial charge is 0.254 e. The molecular weight excluding hydrogens is 316 g/mol. The van der Waals surface area contributed by atoms with Crippen molar-refractivity contribution in [3.8, 4) is 5.75 Å². The van der Waals surface area contributed by atoms with Crippen LogP contribution in [0.1, 0.15) is 29.8 Å². The molecule has 2 aromatic rings. The maximum atomic E-state index is 12.6. The van der Waals surface area contributed by atoms with E-state index in [0.29, 0.717) is 23.5 Å². The summed E-state index contributed by atoms with van der Waals surface area (Å²) in [5, 5.41) is 2.79. The average molecular weight is 340 g/mol. The predicted octanol–water partition coefficient (Wildman–Crippen LogP) is 3.36. The van der Waals surface area contributed by atoms with Crippen LogP contribution in [0.3, 0.4) is 0 Å². The molecule has 2 aromatic carbocycles. The number of para-hydroxylation sites is 2. The Labute approximate surface area is 148 Å². The van der Waals surface area contributed by atoms with Gasteiger partial charge in [-0.25, -0.2) is 0 Å². The molecule has 0 aliphatic heterocycles. The van der Waals surface area contributed by atoms with Crippen LogP contribution in [0.2, 0.25) is 0 Å². The lowest BCUT2D eigenvalue weighted by Crippen LogP contribution is -2.37. The Balaban J connectivity index is 2.04. The standard InChI is InChI=1S/C20H24N2O3/c1-4-15-10-12-16(13-11-15)20(24)22(5-2)14-19(23)21-17-8-6-7-9-18(17)25-3/h6-13H,4-5,14H2,1-3H3,(H,21,23). The first-order chi connectivity index (χ1) is 12.1. The minimum Gasteiger partial charge on any atom is -0.495 e. The van der Waals surface area contributed by atoms with E-state index in [1.54, 1.807) is 19.2 Å². The van der Waals surface area contributed by atoms with Crippen LogP contribution in [0.25, 0.3) is 0 Å². The molecule has 0 radical (unpaired) electrons. The monoisotopic (exact) mass is 340 g/mol. The highest BCUT2D eigenvalue weighted by Gasteiger charge is 2.18. The van der Waals surface area contributed by atoms with E-state index in [1.165, 1.54) is 10.5 Å². The van der Waals surface area contributed by atoms with Gasteiger partial charge in [-0.15, -0.1) is 0 Å². The Bertz CT molecular complexity index is 726. The number of carbonyl (C=O) groups excluding carboxylic acids is 2. The number of hydrogen-bond donors (Lipinski definition) is 1. The summed E-state index contributed by atoms with van der Waals surface area (Å²) in [6.45, 7) is 4.36. The van der Waals surface area contributed by atoms with Gasteiger partial charge in [-0.3, -0.25) is 9.59 Å². The Morgan fingerprint density at radius 1 is 1.04 bits per heavy atom. The second kappa shape index (κ2) is 8.87. The summed E-state index contributed by atoms with van der Waals surface area (Å²) >= 11 is 0. The predicted molar refractivity (Wildman–Crippen MR) is 99.0 cm³/mol. The first-order valence-corrected chi connectivity index (χ1v) is 8.40. The lowest BCUT2D eigenvalue weighted by Gasteiger charge is -2.21. The molecule has 0 unspecified atom stereocenters. The number of anilines is 1. The van der Waals surface area contributed by atoms with E-state index in [2.05, 4.69) is 12.2 Å².